The topological polar surface area (TPSA) is 55.3 Å². The molecule has 1 saturated heterocycles. The molecule has 0 saturated carbocycles. The predicted octanol–water partition coefficient (Wildman–Crippen LogP) is 3.86. The minimum atomic E-state index is 0.0585. The van der Waals surface area contributed by atoms with Gasteiger partial charge < -0.3 is 9.64 Å². The molecule has 1 amide bonds. The van der Waals surface area contributed by atoms with Crippen LogP contribution in [0.15, 0.2) is 48.5 Å². The van der Waals surface area contributed by atoms with Crippen molar-refractivity contribution in [1.29, 1.82) is 0 Å². The molecule has 5 nitrogen and oxygen atoms in total. The number of carbonyl (C=O) groups is 1. The summed E-state index contributed by atoms with van der Waals surface area (Å²) in [7, 11) is 0. The molecule has 0 bridgehead atoms. The first-order valence-corrected chi connectivity index (χ1v) is 9.40. The molecule has 0 unspecified atom stereocenters. The lowest BCUT2D eigenvalue weighted by Crippen LogP contribution is -2.45. The van der Waals surface area contributed by atoms with E-state index in [1.807, 2.05) is 48.2 Å². The van der Waals surface area contributed by atoms with Crippen molar-refractivity contribution in [2.45, 2.75) is 26.4 Å². The highest BCUT2D eigenvalue weighted by Crippen LogP contribution is 2.27. The van der Waals surface area contributed by atoms with Crippen molar-refractivity contribution < 1.29 is 9.53 Å². The number of carbonyl (C=O) groups excluding carboxylic acids is 1. The first kappa shape index (κ1) is 17.6. The smallest absolute Gasteiger partial charge is 0.254 e. The number of nitrogens with zero attached hydrogens (tertiary/aromatic N) is 3. The van der Waals surface area contributed by atoms with Gasteiger partial charge in [0.25, 0.3) is 5.91 Å². The number of morpholine rings is 1. The second-order valence-corrected chi connectivity index (χ2v) is 6.91. The summed E-state index contributed by atoms with van der Waals surface area (Å²) in [5, 5.41) is 10.9. The van der Waals surface area contributed by atoms with E-state index in [4.69, 9.17) is 4.74 Å². The highest BCUT2D eigenvalue weighted by atomic mass is 16.5. The second kappa shape index (κ2) is 7.45. The maximum absolute atomic E-state index is 12.8. The lowest BCUT2D eigenvalue weighted by atomic mass is 10.0. The molecule has 27 heavy (non-hydrogen) atoms. The fraction of sp³-hybridized carbons (Fsp3) is 0.318. The zero-order valence-corrected chi connectivity index (χ0v) is 15.7. The third kappa shape index (κ3) is 3.43. The van der Waals surface area contributed by atoms with Gasteiger partial charge in [-0.2, -0.15) is 5.10 Å². The number of aromatic nitrogens is 2. The number of benzene rings is 2. The molecule has 138 valence electrons. The number of ether oxygens (including phenoxy) is 1. The molecule has 0 aliphatic carbocycles. The van der Waals surface area contributed by atoms with Gasteiger partial charge in [-0.1, -0.05) is 43.3 Å². The Morgan fingerprint density at radius 2 is 1.85 bits per heavy atom. The number of hydrogen-bond acceptors (Lipinski definition) is 4. The molecule has 1 atom stereocenters. The van der Waals surface area contributed by atoms with Crippen molar-refractivity contribution >= 4 is 16.7 Å². The van der Waals surface area contributed by atoms with Crippen LogP contribution in [0.25, 0.3) is 22.0 Å². The Kier molecular flexibility index (Phi) is 4.86. The first-order valence-electron chi connectivity index (χ1n) is 9.40. The summed E-state index contributed by atoms with van der Waals surface area (Å²) in [6.07, 6.45) is 1.05. The summed E-state index contributed by atoms with van der Waals surface area (Å²) in [5.74, 6) is 0.0585. The fourth-order valence-corrected chi connectivity index (χ4v) is 3.56. The molecular formula is C22H23N3O2. The summed E-state index contributed by atoms with van der Waals surface area (Å²) >= 11 is 0. The lowest BCUT2D eigenvalue weighted by molar-refractivity contribution is -0.0226. The summed E-state index contributed by atoms with van der Waals surface area (Å²) in [6.45, 7) is 5.96. The monoisotopic (exact) mass is 361 g/mol. The van der Waals surface area contributed by atoms with Gasteiger partial charge in [-0.25, -0.2) is 0 Å². The molecule has 1 fully saturated rings. The Labute approximate surface area is 159 Å². The van der Waals surface area contributed by atoms with Gasteiger partial charge in [0.2, 0.25) is 0 Å². The molecule has 3 aromatic rings. The van der Waals surface area contributed by atoms with Crippen molar-refractivity contribution in [1.82, 2.24) is 15.1 Å². The Hall–Kier alpha value is -2.79. The Bertz CT molecular complexity index is 969. The van der Waals surface area contributed by atoms with Crippen molar-refractivity contribution in [3.63, 3.8) is 0 Å². The average Bonchev–Trinajstić information content (AvgIpc) is 2.74. The van der Waals surface area contributed by atoms with Crippen molar-refractivity contribution in [2.24, 2.45) is 0 Å². The van der Waals surface area contributed by atoms with E-state index in [0.29, 0.717) is 25.3 Å². The minimum absolute atomic E-state index is 0.0585. The van der Waals surface area contributed by atoms with Crippen LogP contribution >= 0.6 is 0 Å². The molecule has 0 N–H and O–H groups in total. The normalized spacial score (nSPS) is 17.3. The SMILES string of the molecule is CC[C@@H]1CN(C(=O)c2ccc(-c3nnc(C)c4ccccc34)cc2)CCO1. The predicted molar refractivity (Wildman–Crippen MR) is 106 cm³/mol. The molecule has 1 aromatic heterocycles. The van der Waals surface area contributed by atoms with E-state index in [9.17, 15) is 4.79 Å². The Balaban J connectivity index is 1.61. The standard InChI is InChI=1S/C22H23N3O2/c1-3-18-14-25(12-13-27-18)22(26)17-10-8-16(9-11-17)21-20-7-5-4-6-19(20)15(2)23-24-21/h4-11,18H,3,12-14H2,1-2H3/t18-/m1/s1. The van der Waals surface area contributed by atoms with E-state index in [1.54, 1.807) is 0 Å². The molecule has 0 spiro atoms. The third-order valence-electron chi connectivity index (χ3n) is 5.16. The van der Waals surface area contributed by atoms with E-state index < -0.39 is 0 Å². The van der Waals surface area contributed by atoms with Crippen LogP contribution in [-0.2, 0) is 4.74 Å². The number of rotatable bonds is 3. The molecule has 0 radical (unpaired) electrons. The number of hydrogen-bond donors (Lipinski definition) is 0. The van der Waals surface area contributed by atoms with Gasteiger partial charge >= 0.3 is 0 Å². The van der Waals surface area contributed by atoms with Crippen LogP contribution < -0.4 is 0 Å². The second-order valence-electron chi connectivity index (χ2n) is 6.91. The maximum atomic E-state index is 12.8. The number of aryl methyl sites for hydroxylation is 1. The third-order valence-corrected chi connectivity index (χ3v) is 5.16. The average molecular weight is 361 g/mol. The van der Waals surface area contributed by atoms with Crippen LogP contribution in [0.5, 0.6) is 0 Å². The van der Waals surface area contributed by atoms with Gasteiger partial charge in [-0.05, 0) is 25.5 Å². The minimum Gasteiger partial charge on any atom is -0.375 e. The number of fused-ring (bicyclic) bond motifs is 1. The van der Waals surface area contributed by atoms with Crippen molar-refractivity contribution in [3.8, 4) is 11.3 Å². The quantitative estimate of drug-likeness (QED) is 0.711. The summed E-state index contributed by atoms with van der Waals surface area (Å²) in [4.78, 5) is 14.7. The van der Waals surface area contributed by atoms with E-state index in [-0.39, 0.29) is 12.0 Å². The van der Waals surface area contributed by atoms with Gasteiger partial charge in [0.15, 0.2) is 0 Å². The van der Waals surface area contributed by atoms with Crippen LogP contribution in [0, 0.1) is 6.92 Å². The highest BCUT2D eigenvalue weighted by molar-refractivity contribution is 5.97. The van der Waals surface area contributed by atoms with Gasteiger partial charge in [0.05, 0.1) is 18.4 Å². The zero-order chi connectivity index (χ0) is 18.8. The maximum Gasteiger partial charge on any atom is 0.254 e. The summed E-state index contributed by atoms with van der Waals surface area (Å²) in [5.41, 5.74) is 3.41. The fourth-order valence-electron chi connectivity index (χ4n) is 3.56. The summed E-state index contributed by atoms with van der Waals surface area (Å²) < 4.78 is 5.66. The van der Waals surface area contributed by atoms with Crippen LogP contribution in [0.1, 0.15) is 29.4 Å². The molecule has 1 aliphatic rings. The molecule has 1 aliphatic heterocycles. The molecule has 4 rings (SSSR count). The summed E-state index contributed by atoms with van der Waals surface area (Å²) in [6, 6.07) is 15.8. The van der Waals surface area contributed by atoms with E-state index >= 15 is 0 Å². The largest absolute Gasteiger partial charge is 0.375 e. The van der Waals surface area contributed by atoms with Crippen molar-refractivity contribution in [2.75, 3.05) is 19.7 Å². The Morgan fingerprint density at radius 1 is 1.11 bits per heavy atom. The van der Waals surface area contributed by atoms with E-state index in [2.05, 4.69) is 29.3 Å². The zero-order valence-electron chi connectivity index (χ0n) is 15.7. The number of amides is 1. The van der Waals surface area contributed by atoms with Crippen LogP contribution in [0.4, 0.5) is 0 Å². The first-order chi connectivity index (χ1) is 13.2. The van der Waals surface area contributed by atoms with E-state index in [0.717, 1.165) is 34.1 Å². The Morgan fingerprint density at radius 3 is 2.59 bits per heavy atom. The molecule has 2 heterocycles. The molecule has 2 aromatic carbocycles. The highest BCUT2D eigenvalue weighted by Gasteiger charge is 2.24. The van der Waals surface area contributed by atoms with Gasteiger partial charge in [0.1, 0.15) is 5.69 Å². The van der Waals surface area contributed by atoms with Crippen LogP contribution in [0.2, 0.25) is 0 Å². The van der Waals surface area contributed by atoms with Gasteiger partial charge in [0, 0.05) is 35.0 Å². The molecule has 5 heteroatoms. The van der Waals surface area contributed by atoms with Gasteiger partial charge in [-0.3, -0.25) is 4.79 Å². The van der Waals surface area contributed by atoms with Crippen LogP contribution in [-0.4, -0.2) is 46.8 Å². The van der Waals surface area contributed by atoms with Gasteiger partial charge in [-0.15, -0.1) is 5.10 Å². The van der Waals surface area contributed by atoms with Crippen molar-refractivity contribution in [3.05, 3.63) is 59.8 Å². The van der Waals surface area contributed by atoms with E-state index in [1.165, 1.54) is 0 Å². The van der Waals surface area contributed by atoms with Crippen LogP contribution in [0.3, 0.4) is 0 Å². The lowest BCUT2D eigenvalue weighted by Gasteiger charge is -2.32. The molecular weight excluding hydrogens is 338 g/mol.